The molecule has 1 saturated heterocycles. The third-order valence-corrected chi connectivity index (χ3v) is 3.62. The van der Waals surface area contributed by atoms with Crippen LogP contribution in [0.1, 0.15) is 31.7 Å². The molecule has 3 heterocycles. The summed E-state index contributed by atoms with van der Waals surface area (Å²) in [5.41, 5.74) is 1.20. The Balaban J connectivity index is 2.04. The normalized spacial score (nSPS) is 26.7. The lowest BCUT2D eigenvalue weighted by atomic mass is 10.0. The fraction of sp³-hybridized carbons (Fsp3) is 0.615. The molecule has 4 heteroatoms. The van der Waals surface area contributed by atoms with Crippen LogP contribution in [0, 0.1) is 0 Å². The van der Waals surface area contributed by atoms with Crippen molar-refractivity contribution >= 4 is 5.82 Å². The Morgan fingerprint density at radius 3 is 3.12 bits per heavy atom. The van der Waals surface area contributed by atoms with Crippen LogP contribution < -0.4 is 9.64 Å². The van der Waals surface area contributed by atoms with Gasteiger partial charge in [0.25, 0.3) is 0 Å². The minimum absolute atomic E-state index is 0.251. The van der Waals surface area contributed by atoms with Crippen LogP contribution in [-0.2, 0) is 0 Å². The fourth-order valence-corrected chi connectivity index (χ4v) is 2.75. The van der Waals surface area contributed by atoms with E-state index in [-0.39, 0.29) is 12.1 Å². The highest BCUT2D eigenvalue weighted by Gasteiger charge is 2.37. The molecule has 2 atom stereocenters. The predicted octanol–water partition coefficient (Wildman–Crippen LogP) is 1.54. The summed E-state index contributed by atoms with van der Waals surface area (Å²) in [6.45, 7) is 5.65. The lowest BCUT2D eigenvalue weighted by molar-refractivity contribution is 0.187. The van der Waals surface area contributed by atoms with Gasteiger partial charge in [-0.25, -0.2) is 4.98 Å². The SMILES string of the molecule is CC(C)c1ccnc2c1OC[C@H]1C[C@@H](O)CN21. The van der Waals surface area contributed by atoms with Gasteiger partial charge >= 0.3 is 0 Å². The first-order valence-corrected chi connectivity index (χ1v) is 6.23. The second-order valence-electron chi connectivity index (χ2n) is 5.21. The Labute approximate surface area is 101 Å². The zero-order chi connectivity index (χ0) is 12.0. The lowest BCUT2D eigenvalue weighted by Gasteiger charge is -2.33. The van der Waals surface area contributed by atoms with Crippen molar-refractivity contribution < 1.29 is 9.84 Å². The topological polar surface area (TPSA) is 45.6 Å². The van der Waals surface area contributed by atoms with Gasteiger partial charge in [0.2, 0.25) is 0 Å². The van der Waals surface area contributed by atoms with Gasteiger partial charge in [0, 0.05) is 18.3 Å². The van der Waals surface area contributed by atoms with E-state index >= 15 is 0 Å². The van der Waals surface area contributed by atoms with E-state index in [2.05, 4.69) is 23.7 Å². The van der Waals surface area contributed by atoms with Crippen LogP contribution in [0.4, 0.5) is 5.82 Å². The molecule has 0 amide bonds. The molecule has 17 heavy (non-hydrogen) atoms. The Hall–Kier alpha value is -1.29. The van der Waals surface area contributed by atoms with Gasteiger partial charge in [0.05, 0.1) is 12.1 Å². The minimum Gasteiger partial charge on any atom is -0.487 e. The molecule has 92 valence electrons. The van der Waals surface area contributed by atoms with E-state index in [1.807, 2.05) is 12.3 Å². The third-order valence-electron chi connectivity index (χ3n) is 3.62. The number of hydrogen-bond acceptors (Lipinski definition) is 4. The van der Waals surface area contributed by atoms with Gasteiger partial charge in [-0.05, 0) is 18.4 Å². The summed E-state index contributed by atoms with van der Waals surface area (Å²) in [4.78, 5) is 6.62. The number of fused-ring (bicyclic) bond motifs is 3. The van der Waals surface area contributed by atoms with Crippen molar-refractivity contribution in [1.29, 1.82) is 0 Å². The molecule has 0 spiro atoms. The van der Waals surface area contributed by atoms with Gasteiger partial charge in [-0.15, -0.1) is 0 Å². The quantitative estimate of drug-likeness (QED) is 0.800. The predicted molar refractivity (Wildman–Crippen MR) is 65.6 cm³/mol. The maximum Gasteiger partial charge on any atom is 0.172 e. The summed E-state index contributed by atoms with van der Waals surface area (Å²) in [6, 6.07) is 2.31. The van der Waals surface area contributed by atoms with Gasteiger partial charge in [-0.1, -0.05) is 13.8 Å². The second kappa shape index (κ2) is 3.88. The highest BCUT2D eigenvalue weighted by atomic mass is 16.5. The van der Waals surface area contributed by atoms with Crippen LogP contribution in [0.3, 0.4) is 0 Å². The number of hydrogen-bond donors (Lipinski definition) is 1. The number of rotatable bonds is 1. The average Bonchev–Trinajstić information content (AvgIpc) is 2.68. The molecule has 0 aliphatic carbocycles. The highest BCUT2D eigenvalue weighted by molar-refractivity contribution is 5.60. The number of anilines is 1. The highest BCUT2D eigenvalue weighted by Crippen LogP contribution is 2.40. The van der Waals surface area contributed by atoms with Crippen molar-refractivity contribution in [2.24, 2.45) is 0 Å². The molecule has 2 aliphatic rings. The molecule has 4 nitrogen and oxygen atoms in total. The van der Waals surface area contributed by atoms with E-state index in [0.717, 1.165) is 18.0 Å². The molecule has 1 fully saturated rings. The maximum atomic E-state index is 9.74. The first-order valence-electron chi connectivity index (χ1n) is 6.23. The maximum absolute atomic E-state index is 9.74. The smallest absolute Gasteiger partial charge is 0.172 e. The molecule has 0 bridgehead atoms. The summed E-state index contributed by atoms with van der Waals surface area (Å²) >= 11 is 0. The first kappa shape index (κ1) is 10.8. The molecule has 2 aliphatic heterocycles. The van der Waals surface area contributed by atoms with Crippen LogP contribution in [0.25, 0.3) is 0 Å². The number of pyridine rings is 1. The van der Waals surface area contributed by atoms with Crippen LogP contribution in [0.15, 0.2) is 12.3 Å². The van der Waals surface area contributed by atoms with Crippen molar-refractivity contribution in [2.45, 2.75) is 38.3 Å². The number of ether oxygens (including phenoxy) is 1. The van der Waals surface area contributed by atoms with Crippen molar-refractivity contribution in [1.82, 2.24) is 4.98 Å². The Morgan fingerprint density at radius 2 is 2.35 bits per heavy atom. The van der Waals surface area contributed by atoms with E-state index < -0.39 is 0 Å². The van der Waals surface area contributed by atoms with E-state index in [0.29, 0.717) is 19.1 Å². The second-order valence-corrected chi connectivity index (χ2v) is 5.21. The van der Waals surface area contributed by atoms with Gasteiger partial charge in [0.15, 0.2) is 11.6 Å². The molecule has 0 radical (unpaired) electrons. The summed E-state index contributed by atoms with van der Waals surface area (Å²) in [5.74, 6) is 2.24. The zero-order valence-corrected chi connectivity index (χ0v) is 10.3. The van der Waals surface area contributed by atoms with Crippen molar-refractivity contribution in [3.63, 3.8) is 0 Å². The Morgan fingerprint density at radius 1 is 1.53 bits per heavy atom. The molecular formula is C13H18N2O2. The van der Waals surface area contributed by atoms with E-state index in [1.165, 1.54) is 5.56 Å². The lowest BCUT2D eigenvalue weighted by Crippen LogP contribution is -2.39. The monoisotopic (exact) mass is 234 g/mol. The molecule has 1 aromatic heterocycles. The summed E-state index contributed by atoms with van der Waals surface area (Å²) in [6.07, 6.45) is 2.37. The Bertz CT molecular complexity index is 433. The van der Waals surface area contributed by atoms with Crippen molar-refractivity contribution in [2.75, 3.05) is 18.1 Å². The molecule has 0 unspecified atom stereocenters. The average molecular weight is 234 g/mol. The third kappa shape index (κ3) is 1.67. The molecule has 3 rings (SSSR count). The largest absolute Gasteiger partial charge is 0.487 e. The molecule has 0 saturated carbocycles. The molecule has 0 aromatic carbocycles. The van der Waals surface area contributed by atoms with Gasteiger partial charge < -0.3 is 14.7 Å². The standard InChI is InChI=1S/C13H18N2O2/c1-8(2)11-3-4-14-13-12(11)17-7-9-5-10(16)6-15(9)13/h3-4,8-10,16H,5-7H2,1-2H3/t9-,10-/m1/s1. The van der Waals surface area contributed by atoms with Crippen LogP contribution >= 0.6 is 0 Å². The number of aliphatic hydroxyl groups excluding tert-OH is 1. The number of aromatic nitrogens is 1. The van der Waals surface area contributed by atoms with Crippen molar-refractivity contribution in [3.05, 3.63) is 17.8 Å². The van der Waals surface area contributed by atoms with Gasteiger partial charge in [0.1, 0.15) is 6.61 Å². The molecule has 1 N–H and O–H groups in total. The van der Waals surface area contributed by atoms with E-state index in [1.54, 1.807) is 0 Å². The summed E-state index contributed by atoms with van der Waals surface area (Å²) < 4.78 is 5.86. The minimum atomic E-state index is -0.251. The number of nitrogens with zero attached hydrogens (tertiary/aromatic N) is 2. The Kier molecular flexibility index (Phi) is 2.47. The summed E-state index contributed by atoms with van der Waals surface area (Å²) in [7, 11) is 0. The van der Waals surface area contributed by atoms with E-state index in [9.17, 15) is 5.11 Å². The number of aliphatic hydroxyl groups is 1. The van der Waals surface area contributed by atoms with Gasteiger partial charge in [-0.2, -0.15) is 0 Å². The summed E-state index contributed by atoms with van der Waals surface area (Å²) in [5, 5.41) is 9.74. The van der Waals surface area contributed by atoms with Crippen molar-refractivity contribution in [3.8, 4) is 5.75 Å². The zero-order valence-electron chi connectivity index (χ0n) is 10.3. The molecule has 1 aromatic rings. The van der Waals surface area contributed by atoms with Gasteiger partial charge in [-0.3, -0.25) is 0 Å². The fourth-order valence-electron chi connectivity index (χ4n) is 2.75. The van der Waals surface area contributed by atoms with Crippen LogP contribution in [0.2, 0.25) is 0 Å². The van der Waals surface area contributed by atoms with Crippen LogP contribution in [0.5, 0.6) is 5.75 Å². The first-order chi connectivity index (χ1) is 8.16. The van der Waals surface area contributed by atoms with Crippen LogP contribution in [-0.4, -0.2) is 35.4 Å². The van der Waals surface area contributed by atoms with E-state index in [4.69, 9.17) is 4.74 Å². The molecular weight excluding hydrogens is 216 g/mol.